The van der Waals surface area contributed by atoms with Crippen molar-refractivity contribution in [1.29, 1.82) is 0 Å². The molecule has 0 aliphatic heterocycles. The zero-order valence-electron chi connectivity index (χ0n) is 9.71. The Bertz CT molecular complexity index is 453. The van der Waals surface area contributed by atoms with Crippen molar-refractivity contribution in [3.8, 4) is 5.75 Å². The Labute approximate surface area is 103 Å². The van der Waals surface area contributed by atoms with Crippen LogP contribution in [0.25, 0.3) is 0 Å². The first-order valence-electron chi connectivity index (χ1n) is 5.58. The first kappa shape index (κ1) is 12.1. The molecule has 2 aromatic carbocycles. The molecule has 17 heavy (non-hydrogen) atoms. The maximum Gasteiger partial charge on any atom is 0.119 e. The fraction of sp³-hybridized carbons (Fsp3) is 0.143. The molecule has 88 valence electrons. The zero-order valence-corrected chi connectivity index (χ0v) is 10.6. The number of rotatable bonds is 4. The van der Waals surface area contributed by atoms with Crippen LogP contribution in [0.3, 0.4) is 0 Å². The summed E-state index contributed by atoms with van der Waals surface area (Å²) in [6.45, 7) is 2.61. The lowest BCUT2D eigenvalue weighted by atomic mass is 10.3. The highest BCUT2D eigenvalue weighted by Crippen LogP contribution is 2.28. The second kappa shape index (κ2) is 5.81. The van der Waals surface area contributed by atoms with E-state index in [-0.39, 0.29) is 0 Å². The summed E-state index contributed by atoms with van der Waals surface area (Å²) in [4.78, 5) is 10.2. The van der Waals surface area contributed by atoms with Gasteiger partial charge in [-0.05, 0) is 31.2 Å². The predicted molar refractivity (Wildman–Crippen MR) is 72.5 cm³/mol. The molecule has 2 rings (SSSR count). The minimum absolute atomic E-state index is 0.659. The second-order valence-electron chi connectivity index (χ2n) is 3.57. The normalized spacial score (nSPS) is 12.1. The number of ether oxygens (including phenoxy) is 1. The highest BCUT2D eigenvalue weighted by Gasteiger charge is 2.09. The first-order valence-corrected chi connectivity index (χ1v) is 6.87. The van der Waals surface area contributed by atoms with Gasteiger partial charge in [0.2, 0.25) is 0 Å². The average molecular weight is 246 g/mol. The van der Waals surface area contributed by atoms with E-state index in [1.54, 1.807) is 0 Å². The minimum Gasteiger partial charge on any atom is -0.494 e. The summed E-state index contributed by atoms with van der Waals surface area (Å²) in [5.41, 5.74) is 0. The molecule has 0 aliphatic carbocycles. The summed E-state index contributed by atoms with van der Waals surface area (Å²) in [6, 6.07) is 17.4. The Kier molecular flexibility index (Phi) is 4.13. The van der Waals surface area contributed by atoms with E-state index in [9.17, 15) is 4.89 Å². The number of hydrogen-bond acceptors (Lipinski definition) is 2. The Hall–Kier alpha value is -1.37. The van der Waals surface area contributed by atoms with E-state index in [2.05, 4.69) is 0 Å². The molecule has 0 saturated carbocycles. The molecule has 0 spiro atoms. The average Bonchev–Trinajstić information content (AvgIpc) is 2.40. The van der Waals surface area contributed by atoms with E-state index in [4.69, 9.17) is 4.74 Å². The SMILES string of the molecule is CCOc1ccc(P(O)c2ccccc2)cc1. The number of benzene rings is 2. The third-order valence-corrected chi connectivity index (χ3v) is 3.97. The van der Waals surface area contributed by atoms with Gasteiger partial charge in [0.05, 0.1) is 14.8 Å². The van der Waals surface area contributed by atoms with E-state index in [1.165, 1.54) is 0 Å². The van der Waals surface area contributed by atoms with Crippen LogP contribution in [-0.4, -0.2) is 11.5 Å². The third kappa shape index (κ3) is 3.06. The van der Waals surface area contributed by atoms with Crippen molar-refractivity contribution in [2.75, 3.05) is 6.61 Å². The van der Waals surface area contributed by atoms with E-state index < -0.39 is 8.15 Å². The van der Waals surface area contributed by atoms with E-state index >= 15 is 0 Å². The fourth-order valence-corrected chi connectivity index (χ4v) is 2.75. The van der Waals surface area contributed by atoms with Gasteiger partial charge in [-0.15, -0.1) is 0 Å². The lowest BCUT2D eigenvalue weighted by molar-refractivity contribution is 0.340. The Morgan fingerprint density at radius 2 is 1.53 bits per heavy atom. The van der Waals surface area contributed by atoms with Crippen molar-refractivity contribution < 1.29 is 9.63 Å². The van der Waals surface area contributed by atoms with Gasteiger partial charge < -0.3 is 9.63 Å². The van der Waals surface area contributed by atoms with Crippen LogP contribution in [0.4, 0.5) is 0 Å². The fourth-order valence-electron chi connectivity index (χ4n) is 1.57. The lowest BCUT2D eigenvalue weighted by Gasteiger charge is -2.11. The van der Waals surface area contributed by atoms with Gasteiger partial charge >= 0.3 is 0 Å². The number of hydrogen-bond donors (Lipinski definition) is 1. The molecular formula is C14H15O2P. The van der Waals surface area contributed by atoms with Gasteiger partial charge in [0.25, 0.3) is 0 Å². The summed E-state index contributed by atoms with van der Waals surface area (Å²) in [6.07, 6.45) is 0. The van der Waals surface area contributed by atoms with Crippen LogP contribution >= 0.6 is 8.15 Å². The van der Waals surface area contributed by atoms with Gasteiger partial charge in [0.1, 0.15) is 5.75 Å². The van der Waals surface area contributed by atoms with Gasteiger partial charge in [0.15, 0.2) is 0 Å². The zero-order chi connectivity index (χ0) is 12.1. The summed E-state index contributed by atoms with van der Waals surface area (Å²) < 4.78 is 5.37. The van der Waals surface area contributed by atoms with Crippen molar-refractivity contribution in [3.63, 3.8) is 0 Å². The summed E-state index contributed by atoms with van der Waals surface area (Å²) >= 11 is 0. The van der Waals surface area contributed by atoms with E-state index in [0.717, 1.165) is 16.4 Å². The first-order chi connectivity index (χ1) is 8.31. The standard InChI is InChI=1S/C14H15O2P/c1-2-16-12-8-10-14(11-9-12)17(15)13-6-4-3-5-7-13/h3-11,15H,2H2,1H3. The molecule has 2 aromatic rings. The van der Waals surface area contributed by atoms with Crippen LogP contribution in [0.15, 0.2) is 54.6 Å². The highest BCUT2D eigenvalue weighted by molar-refractivity contribution is 7.67. The Balaban J connectivity index is 2.17. The highest BCUT2D eigenvalue weighted by atomic mass is 31.1. The van der Waals surface area contributed by atoms with Gasteiger partial charge in [-0.25, -0.2) is 0 Å². The largest absolute Gasteiger partial charge is 0.494 e. The maximum absolute atomic E-state index is 10.2. The molecule has 0 aromatic heterocycles. The minimum atomic E-state index is -1.25. The maximum atomic E-state index is 10.2. The molecule has 3 heteroatoms. The van der Waals surface area contributed by atoms with Crippen LogP contribution in [0.2, 0.25) is 0 Å². The summed E-state index contributed by atoms with van der Waals surface area (Å²) in [5.74, 6) is 0.840. The molecule has 0 aliphatic rings. The van der Waals surface area contributed by atoms with Crippen LogP contribution in [0.1, 0.15) is 6.92 Å². The van der Waals surface area contributed by atoms with Gasteiger partial charge in [-0.1, -0.05) is 30.3 Å². The van der Waals surface area contributed by atoms with Crippen LogP contribution < -0.4 is 15.3 Å². The van der Waals surface area contributed by atoms with Gasteiger partial charge in [0, 0.05) is 10.6 Å². The van der Waals surface area contributed by atoms with E-state index in [0.29, 0.717) is 6.61 Å². The van der Waals surface area contributed by atoms with Crippen molar-refractivity contribution >= 4 is 18.8 Å². The molecule has 1 unspecified atom stereocenters. The van der Waals surface area contributed by atoms with Crippen LogP contribution in [-0.2, 0) is 0 Å². The predicted octanol–water partition coefficient (Wildman–Crippen LogP) is 2.43. The molecule has 1 atom stereocenters. The van der Waals surface area contributed by atoms with Crippen LogP contribution in [0, 0.1) is 0 Å². The molecule has 0 saturated heterocycles. The van der Waals surface area contributed by atoms with E-state index in [1.807, 2.05) is 61.5 Å². The second-order valence-corrected chi connectivity index (χ2v) is 5.23. The molecule has 0 bridgehead atoms. The monoisotopic (exact) mass is 246 g/mol. The van der Waals surface area contributed by atoms with Crippen molar-refractivity contribution in [3.05, 3.63) is 54.6 Å². The molecule has 0 amide bonds. The van der Waals surface area contributed by atoms with Crippen LogP contribution in [0.5, 0.6) is 5.75 Å². The molecule has 0 radical (unpaired) electrons. The molecule has 2 nitrogen and oxygen atoms in total. The topological polar surface area (TPSA) is 29.5 Å². The van der Waals surface area contributed by atoms with Crippen molar-refractivity contribution in [2.24, 2.45) is 0 Å². The summed E-state index contributed by atoms with van der Waals surface area (Å²) in [7, 11) is -1.25. The van der Waals surface area contributed by atoms with Gasteiger partial charge in [-0.2, -0.15) is 0 Å². The van der Waals surface area contributed by atoms with Crippen molar-refractivity contribution in [2.45, 2.75) is 6.92 Å². The molecule has 1 N–H and O–H groups in total. The smallest absolute Gasteiger partial charge is 0.119 e. The van der Waals surface area contributed by atoms with Crippen molar-refractivity contribution in [1.82, 2.24) is 0 Å². The quantitative estimate of drug-likeness (QED) is 0.839. The third-order valence-electron chi connectivity index (χ3n) is 2.39. The lowest BCUT2D eigenvalue weighted by Crippen LogP contribution is -2.10. The Morgan fingerprint density at radius 3 is 2.12 bits per heavy atom. The molecule has 0 heterocycles. The Morgan fingerprint density at radius 1 is 0.941 bits per heavy atom. The molecule has 0 fully saturated rings. The molecular weight excluding hydrogens is 231 g/mol. The summed E-state index contributed by atoms with van der Waals surface area (Å²) in [5, 5.41) is 1.90. The van der Waals surface area contributed by atoms with Gasteiger partial charge in [-0.3, -0.25) is 0 Å².